The second-order valence-corrected chi connectivity index (χ2v) is 9.89. The van der Waals surface area contributed by atoms with Crippen LogP contribution in [-0.2, 0) is 0 Å². The van der Waals surface area contributed by atoms with Gasteiger partial charge in [-0.25, -0.2) is 9.31 Å². The highest BCUT2D eigenvalue weighted by Crippen LogP contribution is 2.46. The zero-order valence-corrected chi connectivity index (χ0v) is 20.8. The SMILES string of the molecule is O=C(O)c1cnn2cc(N3CCC(/C=C/c4c(-c5ccccc5OC(F)(F)F)noc4C4CC4)CC3)ccc12. The van der Waals surface area contributed by atoms with Crippen molar-refractivity contribution >= 4 is 23.2 Å². The molecule has 4 aromatic rings. The van der Waals surface area contributed by atoms with E-state index in [4.69, 9.17) is 4.52 Å². The summed E-state index contributed by atoms with van der Waals surface area (Å²) in [6, 6.07) is 9.65. The molecule has 0 amide bonds. The average Bonchev–Trinajstić information content (AvgIpc) is 3.52. The number of carbonyl (C=O) groups is 1. The number of hydrogen-bond donors (Lipinski definition) is 1. The highest BCUT2D eigenvalue weighted by Gasteiger charge is 2.35. The van der Waals surface area contributed by atoms with Crippen molar-refractivity contribution in [2.75, 3.05) is 18.0 Å². The highest BCUT2D eigenvalue weighted by molar-refractivity contribution is 5.95. The predicted molar refractivity (Wildman–Crippen MR) is 137 cm³/mol. The maximum Gasteiger partial charge on any atom is 0.573 e. The van der Waals surface area contributed by atoms with Gasteiger partial charge in [0.05, 0.1) is 23.6 Å². The molecule has 1 aliphatic carbocycles. The van der Waals surface area contributed by atoms with E-state index in [-0.39, 0.29) is 28.7 Å². The second kappa shape index (κ2) is 9.79. The molecule has 1 saturated heterocycles. The van der Waals surface area contributed by atoms with E-state index < -0.39 is 12.3 Å². The van der Waals surface area contributed by atoms with Crippen LogP contribution >= 0.6 is 0 Å². The van der Waals surface area contributed by atoms with Crippen LogP contribution in [0, 0.1) is 5.92 Å². The number of halogens is 3. The Labute approximate surface area is 221 Å². The monoisotopic (exact) mass is 538 g/mol. The van der Waals surface area contributed by atoms with Gasteiger partial charge in [-0.15, -0.1) is 13.2 Å². The number of ether oxygens (including phenoxy) is 1. The van der Waals surface area contributed by atoms with Gasteiger partial charge in [0, 0.05) is 30.1 Å². The Morgan fingerprint density at radius 1 is 1.10 bits per heavy atom. The molecule has 0 bridgehead atoms. The van der Waals surface area contributed by atoms with Crippen molar-refractivity contribution in [1.82, 2.24) is 14.8 Å². The first-order valence-corrected chi connectivity index (χ1v) is 12.8. The van der Waals surface area contributed by atoms with Crippen molar-refractivity contribution in [3.8, 4) is 17.0 Å². The number of aromatic nitrogens is 3. The normalized spacial score (nSPS) is 16.8. The third-order valence-corrected chi connectivity index (χ3v) is 7.24. The van der Waals surface area contributed by atoms with E-state index in [0.717, 1.165) is 44.5 Å². The number of piperidine rings is 1. The Bertz CT molecular complexity index is 1550. The molecular weight excluding hydrogens is 513 g/mol. The summed E-state index contributed by atoms with van der Waals surface area (Å²) in [6.07, 6.45) is 6.08. The van der Waals surface area contributed by atoms with Gasteiger partial charge in [0.1, 0.15) is 22.8 Å². The van der Waals surface area contributed by atoms with E-state index in [1.807, 2.05) is 18.3 Å². The summed E-state index contributed by atoms with van der Waals surface area (Å²) in [6.45, 7) is 1.59. The number of anilines is 1. The molecule has 2 fully saturated rings. The van der Waals surface area contributed by atoms with Crippen LogP contribution in [0.1, 0.15) is 53.3 Å². The first-order chi connectivity index (χ1) is 18.8. The molecule has 0 unspecified atom stereocenters. The molecule has 8 nitrogen and oxygen atoms in total. The van der Waals surface area contributed by atoms with Crippen LogP contribution in [0.25, 0.3) is 22.9 Å². The van der Waals surface area contributed by atoms with Gasteiger partial charge in [0.25, 0.3) is 0 Å². The van der Waals surface area contributed by atoms with Crippen LogP contribution in [0.2, 0.25) is 0 Å². The van der Waals surface area contributed by atoms with Crippen molar-refractivity contribution in [3.05, 3.63) is 71.8 Å². The van der Waals surface area contributed by atoms with Crippen molar-refractivity contribution < 1.29 is 32.3 Å². The molecule has 3 aromatic heterocycles. The smallest absolute Gasteiger partial charge is 0.478 e. The molecule has 0 radical (unpaired) electrons. The number of aromatic carboxylic acids is 1. The molecule has 1 saturated carbocycles. The number of alkyl halides is 3. The summed E-state index contributed by atoms with van der Waals surface area (Å²) < 4.78 is 50.6. The minimum atomic E-state index is -4.82. The van der Waals surface area contributed by atoms with Crippen LogP contribution in [0.3, 0.4) is 0 Å². The molecule has 0 spiro atoms. The average molecular weight is 539 g/mol. The molecule has 6 rings (SSSR count). The van der Waals surface area contributed by atoms with Crippen molar-refractivity contribution in [2.45, 2.75) is 38.0 Å². The largest absolute Gasteiger partial charge is 0.573 e. The van der Waals surface area contributed by atoms with Gasteiger partial charge in [-0.05, 0) is 55.9 Å². The number of carboxylic acids is 1. The number of pyridine rings is 1. The first-order valence-electron chi connectivity index (χ1n) is 12.8. The summed E-state index contributed by atoms with van der Waals surface area (Å²) >= 11 is 0. The Hall–Kier alpha value is -4.28. The molecule has 0 atom stereocenters. The Kier molecular flexibility index (Phi) is 6.28. The fourth-order valence-electron chi connectivity index (χ4n) is 5.09. The lowest BCUT2D eigenvalue weighted by Crippen LogP contribution is -2.33. The zero-order valence-electron chi connectivity index (χ0n) is 20.8. The third kappa shape index (κ3) is 5.21. The van der Waals surface area contributed by atoms with Gasteiger partial charge < -0.3 is 19.3 Å². The molecule has 202 valence electrons. The van der Waals surface area contributed by atoms with E-state index in [2.05, 4.69) is 26.0 Å². The van der Waals surface area contributed by atoms with Crippen molar-refractivity contribution in [2.24, 2.45) is 5.92 Å². The fourth-order valence-corrected chi connectivity index (χ4v) is 5.09. The van der Waals surface area contributed by atoms with E-state index >= 15 is 0 Å². The molecule has 1 aromatic carbocycles. The molecule has 11 heteroatoms. The number of fused-ring (bicyclic) bond motifs is 1. The summed E-state index contributed by atoms with van der Waals surface area (Å²) in [7, 11) is 0. The van der Waals surface area contributed by atoms with Crippen LogP contribution < -0.4 is 9.64 Å². The van der Waals surface area contributed by atoms with Gasteiger partial charge in [-0.1, -0.05) is 29.4 Å². The summed E-state index contributed by atoms with van der Waals surface area (Å²) in [5.74, 6) is -0.128. The van der Waals surface area contributed by atoms with Crippen LogP contribution in [0.15, 0.2) is 59.4 Å². The lowest BCUT2D eigenvalue weighted by atomic mass is 9.94. The molecular formula is C28H25F3N4O4. The zero-order chi connectivity index (χ0) is 27.1. The highest BCUT2D eigenvalue weighted by atomic mass is 19.4. The summed E-state index contributed by atoms with van der Waals surface area (Å²) in [5.41, 5.74) is 2.96. The van der Waals surface area contributed by atoms with Crippen LogP contribution in [0.4, 0.5) is 18.9 Å². The lowest BCUT2D eigenvalue weighted by Gasteiger charge is -2.32. The maximum absolute atomic E-state index is 13.0. The number of benzene rings is 1. The van der Waals surface area contributed by atoms with Gasteiger partial charge in [-0.3, -0.25) is 0 Å². The molecule has 39 heavy (non-hydrogen) atoms. The summed E-state index contributed by atoms with van der Waals surface area (Å²) in [5, 5.41) is 17.6. The van der Waals surface area contributed by atoms with Crippen LogP contribution in [0.5, 0.6) is 5.75 Å². The molecule has 1 N–H and O–H groups in total. The number of carboxylic acid groups (broad SMARTS) is 1. The summed E-state index contributed by atoms with van der Waals surface area (Å²) in [4.78, 5) is 13.6. The first kappa shape index (κ1) is 25.0. The molecule has 1 aliphatic heterocycles. The lowest BCUT2D eigenvalue weighted by molar-refractivity contribution is -0.274. The fraction of sp³-hybridized carbons (Fsp3) is 0.321. The Morgan fingerprint density at radius 3 is 2.59 bits per heavy atom. The van der Waals surface area contributed by atoms with Gasteiger partial charge >= 0.3 is 12.3 Å². The molecule has 2 aliphatic rings. The minimum absolute atomic E-state index is 0.164. The number of para-hydroxylation sites is 1. The standard InChI is InChI=1S/C28H25F3N4O4/c29-28(30,31)38-24-4-2-1-3-20(24)25-21(26(39-33-25)18-6-7-18)9-5-17-11-13-34(14-12-17)19-8-10-23-22(27(36)37)15-32-35(23)16-19/h1-5,8-10,15-18H,6-7,11-14H2,(H,36,37)/b9-5+. The van der Waals surface area contributed by atoms with Gasteiger partial charge in [0.2, 0.25) is 0 Å². The van der Waals surface area contributed by atoms with E-state index in [1.165, 1.54) is 18.3 Å². The topological polar surface area (TPSA) is 93.1 Å². The quantitative estimate of drug-likeness (QED) is 0.291. The van der Waals surface area contributed by atoms with Crippen molar-refractivity contribution in [3.63, 3.8) is 0 Å². The van der Waals surface area contributed by atoms with E-state index in [1.54, 1.807) is 22.7 Å². The number of nitrogens with zero attached hydrogens (tertiary/aromatic N) is 4. The maximum atomic E-state index is 13.0. The van der Waals surface area contributed by atoms with Gasteiger partial charge in [0.15, 0.2) is 0 Å². The Morgan fingerprint density at radius 2 is 1.87 bits per heavy atom. The van der Waals surface area contributed by atoms with E-state index in [0.29, 0.717) is 22.5 Å². The van der Waals surface area contributed by atoms with Crippen LogP contribution in [-0.4, -0.2) is 45.3 Å². The third-order valence-electron chi connectivity index (χ3n) is 7.24. The van der Waals surface area contributed by atoms with Gasteiger partial charge in [-0.2, -0.15) is 5.10 Å². The number of rotatable bonds is 7. The number of hydrogen-bond acceptors (Lipinski definition) is 6. The number of allylic oxidation sites excluding steroid dienone is 1. The predicted octanol–water partition coefficient (Wildman–Crippen LogP) is 6.39. The minimum Gasteiger partial charge on any atom is -0.478 e. The molecule has 4 heterocycles. The van der Waals surface area contributed by atoms with Crippen molar-refractivity contribution in [1.29, 1.82) is 0 Å². The Balaban J connectivity index is 1.19. The second-order valence-electron chi connectivity index (χ2n) is 9.89. The van der Waals surface area contributed by atoms with E-state index in [9.17, 15) is 23.1 Å².